The lowest BCUT2D eigenvalue weighted by atomic mass is 10.2. The molecule has 2 aromatic carbocycles. The molecule has 0 unspecified atom stereocenters. The van der Waals surface area contributed by atoms with Gasteiger partial charge in [0.25, 0.3) is 0 Å². The van der Waals surface area contributed by atoms with Gasteiger partial charge in [-0.1, -0.05) is 6.07 Å². The molecule has 0 bridgehead atoms. The number of halogens is 1. The Morgan fingerprint density at radius 2 is 1.86 bits per heavy atom. The quantitative estimate of drug-likeness (QED) is 0.201. The summed E-state index contributed by atoms with van der Waals surface area (Å²) in [5.41, 5.74) is 2.24. The van der Waals surface area contributed by atoms with Crippen LogP contribution in [-0.2, 0) is 14.3 Å². The lowest BCUT2D eigenvalue weighted by Gasteiger charge is -2.26. The van der Waals surface area contributed by atoms with E-state index in [9.17, 15) is 9.59 Å². The predicted molar refractivity (Wildman–Crippen MR) is 145 cm³/mol. The molecule has 3 N–H and O–H groups in total. The highest BCUT2D eigenvalue weighted by Crippen LogP contribution is 2.26. The minimum Gasteiger partial charge on any atom is -0.379 e. The topological polar surface area (TPSA) is 108 Å². The van der Waals surface area contributed by atoms with E-state index in [1.54, 1.807) is 6.07 Å². The number of fused-ring (bicyclic) bond motifs is 1. The van der Waals surface area contributed by atoms with Crippen LogP contribution in [-0.4, -0.2) is 66.1 Å². The molecule has 9 nitrogen and oxygen atoms in total. The molecule has 2 heterocycles. The number of nitrogens with zero attached hydrogens (tertiary/aromatic N) is 3. The fourth-order valence-corrected chi connectivity index (χ4v) is 4.21. The Labute approximate surface area is 217 Å². The average Bonchev–Trinajstić information content (AvgIpc) is 2.86. The van der Waals surface area contributed by atoms with Crippen LogP contribution >= 0.6 is 22.6 Å². The van der Waals surface area contributed by atoms with E-state index in [2.05, 4.69) is 53.4 Å². The van der Waals surface area contributed by atoms with E-state index in [1.807, 2.05) is 36.4 Å². The molecule has 0 saturated carbocycles. The van der Waals surface area contributed by atoms with Crippen molar-refractivity contribution in [1.29, 1.82) is 0 Å². The van der Waals surface area contributed by atoms with Gasteiger partial charge >= 0.3 is 0 Å². The second-order valence-electron chi connectivity index (χ2n) is 8.01. The second kappa shape index (κ2) is 12.6. The van der Waals surface area contributed by atoms with Crippen LogP contribution in [0.5, 0.6) is 0 Å². The maximum atomic E-state index is 12.4. The zero-order valence-electron chi connectivity index (χ0n) is 19.2. The number of hydrogen-bond donors (Lipinski definition) is 3. The summed E-state index contributed by atoms with van der Waals surface area (Å²) in [6, 6.07) is 13.3. The number of benzene rings is 2. The first kappa shape index (κ1) is 25.0. The molecule has 1 saturated heterocycles. The van der Waals surface area contributed by atoms with Crippen LogP contribution in [0.3, 0.4) is 0 Å². The van der Waals surface area contributed by atoms with Gasteiger partial charge in [-0.3, -0.25) is 14.5 Å². The molecular formula is C25H27IN6O3. The van der Waals surface area contributed by atoms with Crippen LogP contribution in [0.1, 0.15) is 6.42 Å². The highest BCUT2D eigenvalue weighted by Gasteiger charge is 2.10. The summed E-state index contributed by atoms with van der Waals surface area (Å²) in [6.45, 7) is 4.86. The monoisotopic (exact) mass is 586 g/mol. The van der Waals surface area contributed by atoms with Crippen molar-refractivity contribution in [3.05, 3.63) is 64.5 Å². The molecule has 0 spiro atoms. The van der Waals surface area contributed by atoms with Crippen LogP contribution in [0, 0.1) is 3.57 Å². The molecular weight excluding hydrogens is 559 g/mol. The van der Waals surface area contributed by atoms with Crippen LogP contribution in [0.2, 0.25) is 0 Å². The van der Waals surface area contributed by atoms with Gasteiger partial charge in [0, 0.05) is 52.1 Å². The standard InChI is InChI=1S/C25H27IN6O3/c26-18-3-1-4-19(15-18)31-25-21-16-20(5-6-22(21)28-17-29-25)30-24(34)8-7-23(33)27-9-2-10-32-11-13-35-14-12-32/h1,3-8,15-17H,2,9-14H2,(H,27,33)(H,30,34)(H,28,29,31)/b8-7-. The van der Waals surface area contributed by atoms with Gasteiger partial charge in [0.1, 0.15) is 12.1 Å². The predicted octanol–water partition coefficient (Wildman–Crippen LogP) is 3.31. The van der Waals surface area contributed by atoms with E-state index in [0.29, 0.717) is 18.1 Å². The smallest absolute Gasteiger partial charge is 0.248 e. The molecule has 182 valence electrons. The molecule has 1 fully saturated rings. The van der Waals surface area contributed by atoms with Crippen LogP contribution in [0.15, 0.2) is 60.9 Å². The minimum atomic E-state index is -0.392. The lowest BCUT2D eigenvalue weighted by Crippen LogP contribution is -2.38. The molecule has 0 aliphatic carbocycles. The van der Waals surface area contributed by atoms with Gasteiger partial charge < -0.3 is 20.7 Å². The van der Waals surface area contributed by atoms with Crippen molar-refractivity contribution >= 4 is 62.5 Å². The number of nitrogens with one attached hydrogen (secondary N) is 3. The van der Waals surface area contributed by atoms with E-state index >= 15 is 0 Å². The van der Waals surface area contributed by atoms with Crippen LogP contribution < -0.4 is 16.0 Å². The fraction of sp³-hybridized carbons (Fsp3) is 0.280. The van der Waals surface area contributed by atoms with E-state index < -0.39 is 5.91 Å². The molecule has 1 aliphatic heterocycles. The average molecular weight is 586 g/mol. The molecule has 1 aliphatic rings. The fourth-order valence-electron chi connectivity index (χ4n) is 3.67. The molecule has 1 aromatic heterocycles. The maximum absolute atomic E-state index is 12.4. The highest BCUT2D eigenvalue weighted by atomic mass is 127. The summed E-state index contributed by atoms with van der Waals surface area (Å²) in [7, 11) is 0. The Morgan fingerprint density at radius 3 is 2.69 bits per heavy atom. The van der Waals surface area contributed by atoms with Gasteiger partial charge in [-0.2, -0.15) is 0 Å². The first-order valence-electron chi connectivity index (χ1n) is 11.4. The van der Waals surface area contributed by atoms with Crippen molar-refractivity contribution < 1.29 is 14.3 Å². The van der Waals surface area contributed by atoms with Gasteiger partial charge in [0.2, 0.25) is 11.8 Å². The summed E-state index contributed by atoms with van der Waals surface area (Å²) in [5.74, 6) is -0.0464. The van der Waals surface area contributed by atoms with Gasteiger partial charge in [0.15, 0.2) is 0 Å². The number of carbonyl (C=O) groups excluding carboxylic acids is 2. The van der Waals surface area contributed by atoms with E-state index in [1.165, 1.54) is 18.5 Å². The molecule has 35 heavy (non-hydrogen) atoms. The van der Waals surface area contributed by atoms with E-state index in [-0.39, 0.29) is 5.91 Å². The zero-order valence-corrected chi connectivity index (χ0v) is 21.3. The molecule has 3 aromatic rings. The molecule has 2 amide bonds. The number of anilines is 3. The Morgan fingerprint density at radius 1 is 1.03 bits per heavy atom. The number of hydrogen-bond acceptors (Lipinski definition) is 7. The highest BCUT2D eigenvalue weighted by molar-refractivity contribution is 14.1. The number of aromatic nitrogens is 2. The number of rotatable bonds is 9. The molecule has 4 rings (SSSR count). The Hall–Kier alpha value is -3.09. The largest absolute Gasteiger partial charge is 0.379 e. The van der Waals surface area contributed by atoms with Gasteiger partial charge in [0.05, 0.1) is 18.7 Å². The lowest BCUT2D eigenvalue weighted by molar-refractivity contribution is -0.117. The SMILES string of the molecule is O=C(/C=C\C(=O)Nc1ccc2ncnc(Nc3cccc(I)c3)c2c1)NCCCN1CCOCC1. The normalized spacial score (nSPS) is 14.2. The third kappa shape index (κ3) is 7.70. The van der Waals surface area contributed by atoms with E-state index in [0.717, 1.165) is 59.4 Å². The number of ether oxygens (including phenoxy) is 1. The number of morpholine rings is 1. The van der Waals surface area contributed by atoms with Crippen molar-refractivity contribution in [1.82, 2.24) is 20.2 Å². The summed E-state index contributed by atoms with van der Waals surface area (Å²) in [4.78, 5) is 35.4. The van der Waals surface area contributed by atoms with Gasteiger partial charge in [-0.15, -0.1) is 0 Å². The minimum absolute atomic E-state index is 0.294. The first-order valence-corrected chi connectivity index (χ1v) is 12.5. The Kier molecular flexibility index (Phi) is 8.98. The third-order valence-electron chi connectivity index (χ3n) is 5.43. The summed E-state index contributed by atoms with van der Waals surface area (Å²) in [5, 5.41) is 9.68. The Bertz CT molecular complexity index is 1210. The molecule has 0 atom stereocenters. The van der Waals surface area contributed by atoms with E-state index in [4.69, 9.17) is 4.74 Å². The summed E-state index contributed by atoms with van der Waals surface area (Å²) < 4.78 is 6.43. The van der Waals surface area contributed by atoms with Crippen LogP contribution in [0.25, 0.3) is 10.9 Å². The molecule has 0 radical (unpaired) electrons. The second-order valence-corrected chi connectivity index (χ2v) is 9.26. The van der Waals surface area contributed by atoms with Crippen molar-refractivity contribution in [2.45, 2.75) is 6.42 Å². The van der Waals surface area contributed by atoms with Crippen molar-refractivity contribution in [2.75, 3.05) is 50.0 Å². The van der Waals surface area contributed by atoms with Crippen molar-refractivity contribution in [3.63, 3.8) is 0 Å². The van der Waals surface area contributed by atoms with Gasteiger partial charge in [-0.05, 0) is 72.0 Å². The van der Waals surface area contributed by atoms with Crippen molar-refractivity contribution in [3.8, 4) is 0 Å². The maximum Gasteiger partial charge on any atom is 0.248 e. The first-order chi connectivity index (χ1) is 17.1. The number of carbonyl (C=O) groups is 2. The molecule has 10 heteroatoms. The third-order valence-corrected chi connectivity index (χ3v) is 6.10. The zero-order chi connectivity index (χ0) is 24.5. The van der Waals surface area contributed by atoms with Crippen LogP contribution in [0.4, 0.5) is 17.2 Å². The summed E-state index contributed by atoms with van der Waals surface area (Å²) in [6.07, 6.45) is 4.83. The van der Waals surface area contributed by atoms with Crippen molar-refractivity contribution in [2.24, 2.45) is 0 Å². The Balaban J connectivity index is 1.30. The summed E-state index contributed by atoms with van der Waals surface area (Å²) >= 11 is 2.25. The van der Waals surface area contributed by atoms with Gasteiger partial charge in [-0.25, -0.2) is 9.97 Å². The number of amides is 2.